The van der Waals surface area contributed by atoms with Gasteiger partial charge in [0.25, 0.3) is 5.91 Å². The van der Waals surface area contributed by atoms with E-state index in [4.69, 9.17) is 4.74 Å². The lowest BCUT2D eigenvalue weighted by Gasteiger charge is -2.02. The lowest BCUT2D eigenvalue weighted by atomic mass is 10.2. The van der Waals surface area contributed by atoms with Gasteiger partial charge in [-0.25, -0.2) is 5.43 Å². The normalized spacial score (nSPS) is 13.3. The molecule has 22 heavy (non-hydrogen) atoms. The minimum absolute atomic E-state index is 0.276. The van der Waals surface area contributed by atoms with Gasteiger partial charge < -0.3 is 4.74 Å². The molecule has 1 aliphatic rings. The van der Waals surface area contributed by atoms with E-state index < -0.39 is 0 Å². The Labute approximate surface area is 128 Å². The number of hydrazone groups is 1. The molecule has 114 valence electrons. The summed E-state index contributed by atoms with van der Waals surface area (Å²) in [5.74, 6) is 0.539. The van der Waals surface area contributed by atoms with Gasteiger partial charge in [-0.1, -0.05) is 0 Å². The van der Waals surface area contributed by atoms with Gasteiger partial charge in [-0.3, -0.25) is 9.89 Å². The monoisotopic (exact) mass is 298 g/mol. The van der Waals surface area contributed by atoms with E-state index in [0.717, 1.165) is 41.8 Å². The number of nitrogens with one attached hydrogen (secondary N) is 2. The summed E-state index contributed by atoms with van der Waals surface area (Å²) in [4.78, 5) is 12.1. The maximum absolute atomic E-state index is 12.1. The van der Waals surface area contributed by atoms with E-state index in [1.165, 1.54) is 0 Å². The predicted octanol–water partition coefficient (Wildman–Crippen LogP) is 2.06. The van der Waals surface area contributed by atoms with Gasteiger partial charge in [0.2, 0.25) is 0 Å². The molecule has 2 aromatic rings. The van der Waals surface area contributed by atoms with Crippen molar-refractivity contribution in [1.29, 1.82) is 0 Å². The fourth-order valence-corrected chi connectivity index (χ4v) is 2.54. The van der Waals surface area contributed by atoms with Crippen LogP contribution < -0.4 is 10.2 Å². The van der Waals surface area contributed by atoms with Crippen LogP contribution in [0.4, 0.5) is 0 Å². The third-order valence-corrected chi connectivity index (χ3v) is 3.59. The highest BCUT2D eigenvalue weighted by molar-refractivity contribution is 5.94. The van der Waals surface area contributed by atoms with Gasteiger partial charge in [0, 0.05) is 11.3 Å². The number of amides is 1. The number of benzene rings is 1. The largest absolute Gasteiger partial charge is 0.494 e. The Morgan fingerprint density at radius 2 is 2.23 bits per heavy atom. The number of carbonyl (C=O) groups excluding carboxylic acids is 1. The summed E-state index contributed by atoms with van der Waals surface area (Å²) in [6.07, 6.45) is 4.53. The first-order valence-electron chi connectivity index (χ1n) is 7.40. The lowest BCUT2D eigenvalue weighted by molar-refractivity contribution is 0.0949. The number of aromatic nitrogens is 2. The van der Waals surface area contributed by atoms with Crippen molar-refractivity contribution in [3.63, 3.8) is 0 Å². The van der Waals surface area contributed by atoms with Crippen LogP contribution in [0.1, 0.15) is 40.7 Å². The fourth-order valence-electron chi connectivity index (χ4n) is 2.54. The van der Waals surface area contributed by atoms with Gasteiger partial charge in [0.05, 0.1) is 12.8 Å². The molecule has 3 rings (SSSR count). The highest BCUT2D eigenvalue weighted by Crippen LogP contribution is 2.22. The number of fused-ring (bicyclic) bond motifs is 1. The maximum atomic E-state index is 12.1. The molecule has 1 aliphatic carbocycles. The fraction of sp³-hybridized carbons (Fsp3) is 0.312. The Morgan fingerprint density at radius 1 is 1.41 bits per heavy atom. The van der Waals surface area contributed by atoms with E-state index in [0.29, 0.717) is 12.3 Å². The first-order chi connectivity index (χ1) is 10.8. The second-order valence-electron chi connectivity index (χ2n) is 5.08. The molecule has 0 saturated heterocycles. The highest BCUT2D eigenvalue weighted by Gasteiger charge is 2.22. The Hall–Kier alpha value is -2.63. The average Bonchev–Trinajstić information content (AvgIpc) is 3.12. The number of H-pyrrole nitrogens is 1. The molecule has 0 aliphatic heterocycles. The summed E-state index contributed by atoms with van der Waals surface area (Å²) in [6.45, 7) is 2.58. The SMILES string of the molecule is CCOc1ccc(C=NNC(=O)c2n[nH]c3c2CCC3)cc1. The van der Waals surface area contributed by atoms with E-state index >= 15 is 0 Å². The zero-order valence-corrected chi connectivity index (χ0v) is 12.4. The standard InChI is InChI=1S/C16H18N4O2/c1-2-22-12-8-6-11(7-9-12)10-17-20-16(21)15-13-4-3-5-14(13)18-19-15/h6-10H,2-5H2,1H3,(H,18,19)(H,20,21). The van der Waals surface area contributed by atoms with Crippen molar-refractivity contribution >= 4 is 12.1 Å². The summed E-state index contributed by atoms with van der Waals surface area (Å²) in [6, 6.07) is 7.50. The maximum Gasteiger partial charge on any atom is 0.292 e. The van der Waals surface area contributed by atoms with Crippen molar-refractivity contribution in [3.05, 3.63) is 46.8 Å². The van der Waals surface area contributed by atoms with Crippen LogP contribution in [0.15, 0.2) is 29.4 Å². The van der Waals surface area contributed by atoms with Crippen molar-refractivity contribution in [2.75, 3.05) is 6.61 Å². The number of rotatable bonds is 5. The number of ether oxygens (including phenoxy) is 1. The van der Waals surface area contributed by atoms with E-state index in [-0.39, 0.29) is 5.91 Å². The number of nitrogens with zero attached hydrogens (tertiary/aromatic N) is 2. The summed E-state index contributed by atoms with van der Waals surface area (Å²) >= 11 is 0. The van der Waals surface area contributed by atoms with Gasteiger partial charge in [0.15, 0.2) is 5.69 Å². The minimum Gasteiger partial charge on any atom is -0.494 e. The van der Waals surface area contributed by atoms with Gasteiger partial charge in [-0.2, -0.15) is 10.2 Å². The van der Waals surface area contributed by atoms with Crippen LogP contribution in [0.2, 0.25) is 0 Å². The number of aryl methyl sites for hydroxylation is 1. The van der Waals surface area contributed by atoms with E-state index in [1.807, 2.05) is 31.2 Å². The molecule has 6 heteroatoms. The van der Waals surface area contributed by atoms with Crippen LogP contribution in [-0.4, -0.2) is 28.9 Å². The molecule has 0 spiro atoms. The average molecular weight is 298 g/mol. The van der Waals surface area contributed by atoms with Crippen molar-refractivity contribution < 1.29 is 9.53 Å². The molecule has 6 nitrogen and oxygen atoms in total. The first-order valence-corrected chi connectivity index (χ1v) is 7.40. The van der Waals surface area contributed by atoms with Crippen LogP contribution in [0, 0.1) is 0 Å². The van der Waals surface area contributed by atoms with Crippen LogP contribution in [0.25, 0.3) is 0 Å². The number of hydrogen-bond donors (Lipinski definition) is 2. The topological polar surface area (TPSA) is 79.4 Å². The van der Waals surface area contributed by atoms with E-state index in [2.05, 4.69) is 20.7 Å². The van der Waals surface area contributed by atoms with E-state index in [1.54, 1.807) is 6.21 Å². The van der Waals surface area contributed by atoms with Crippen molar-refractivity contribution in [2.24, 2.45) is 5.10 Å². The van der Waals surface area contributed by atoms with Crippen molar-refractivity contribution in [2.45, 2.75) is 26.2 Å². The van der Waals surface area contributed by atoms with Crippen LogP contribution in [0.3, 0.4) is 0 Å². The zero-order valence-electron chi connectivity index (χ0n) is 12.4. The van der Waals surface area contributed by atoms with Gasteiger partial charge >= 0.3 is 0 Å². The third kappa shape index (κ3) is 3.00. The smallest absolute Gasteiger partial charge is 0.292 e. The molecule has 0 bridgehead atoms. The molecular weight excluding hydrogens is 280 g/mol. The Balaban J connectivity index is 1.60. The Kier molecular flexibility index (Phi) is 4.18. The molecular formula is C16H18N4O2. The highest BCUT2D eigenvalue weighted by atomic mass is 16.5. The molecule has 1 amide bonds. The molecule has 1 aromatic carbocycles. The second kappa shape index (κ2) is 6.43. The third-order valence-electron chi connectivity index (χ3n) is 3.59. The van der Waals surface area contributed by atoms with Crippen LogP contribution >= 0.6 is 0 Å². The van der Waals surface area contributed by atoms with Gasteiger partial charge in [-0.15, -0.1) is 0 Å². The number of carbonyl (C=O) groups is 1. The van der Waals surface area contributed by atoms with Crippen molar-refractivity contribution in [3.8, 4) is 5.75 Å². The summed E-state index contributed by atoms with van der Waals surface area (Å²) in [5.41, 5.74) is 5.95. The van der Waals surface area contributed by atoms with E-state index in [9.17, 15) is 4.79 Å². The Bertz CT molecular complexity index is 689. The van der Waals surface area contributed by atoms with Crippen LogP contribution in [-0.2, 0) is 12.8 Å². The number of hydrogen-bond acceptors (Lipinski definition) is 4. The second-order valence-corrected chi connectivity index (χ2v) is 5.08. The molecule has 0 saturated carbocycles. The number of aromatic amines is 1. The zero-order chi connectivity index (χ0) is 15.4. The summed E-state index contributed by atoms with van der Waals surface area (Å²) in [7, 11) is 0. The van der Waals surface area contributed by atoms with Crippen LogP contribution in [0.5, 0.6) is 5.75 Å². The summed E-state index contributed by atoms with van der Waals surface area (Å²) in [5, 5.41) is 11.0. The molecule has 1 heterocycles. The first kappa shape index (κ1) is 14.3. The molecule has 1 aromatic heterocycles. The molecule has 0 unspecified atom stereocenters. The molecule has 0 radical (unpaired) electrons. The van der Waals surface area contributed by atoms with Gasteiger partial charge in [0.1, 0.15) is 5.75 Å². The lowest BCUT2D eigenvalue weighted by Crippen LogP contribution is -2.19. The quantitative estimate of drug-likeness (QED) is 0.655. The summed E-state index contributed by atoms with van der Waals surface area (Å²) < 4.78 is 5.37. The van der Waals surface area contributed by atoms with Gasteiger partial charge in [-0.05, 0) is 56.0 Å². The predicted molar refractivity (Wildman–Crippen MR) is 83.3 cm³/mol. The molecule has 0 atom stereocenters. The molecule has 2 N–H and O–H groups in total. The Morgan fingerprint density at radius 3 is 3.00 bits per heavy atom. The van der Waals surface area contributed by atoms with Crippen molar-refractivity contribution in [1.82, 2.24) is 15.6 Å². The minimum atomic E-state index is -0.276. The molecule has 0 fully saturated rings.